The third-order valence-corrected chi connectivity index (χ3v) is 3.46. The van der Waals surface area contributed by atoms with Crippen molar-refractivity contribution in [2.45, 2.75) is 39.8 Å². The van der Waals surface area contributed by atoms with Crippen molar-refractivity contribution in [2.75, 3.05) is 12.0 Å². The maximum atomic E-state index is 11.0. The molecule has 3 N–H and O–H groups in total. The van der Waals surface area contributed by atoms with Crippen LogP contribution in [0.1, 0.15) is 32.8 Å². The van der Waals surface area contributed by atoms with Crippen LogP contribution in [0.5, 0.6) is 0 Å². The van der Waals surface area contributed by atoms with Crippen molar-refractivity contribution in [3.8, 4) is 0 Å². The Balaban J connectivity index is 3.06. The van der Waals surface area contributed by atoms with Gasteiger partial charge in [0.2, 0.25) is 0 Å². The van der Waals surface area contributed by atoms with Gasteiger partial charge in [0.1, 0.15) is 5.69 Å². The highest BCUT2D eigenvalue weighted by Crippen LogP contribution is 2.28. The highest BCUT2D eigenvalue weighted by atomic mass is 16.6. The fourth-order valence-electron chi connectivity index (χ4n) is 2.09. The minimum absolute atomic E-state index is 0.0141. The lowest BCUT2D eigenvalue weighted by Gasteiger charge is -2.27. The Labute approximate surface area is 113 Å². The Bertz CT molecular complexity index is 437. The van der Waals surface area contributed by atoms with Gasteiger partial charge < -0.3 is 5.43 Å². The van der Waals surface area contributed by atoms with Crippen LogP contribution < -0.4 is 11.3 Å². The fraction of sp³-hybridized carbons (Fsp3) is 0.538. The molecule has 1 rings (SSSR count). The molecule has 0 saturated carbocycles. The van der Waals surface area contributed by atoms with Crippen molar-refractivity contribution < 1.29 is 4.92 Å². The molecule has 1 aromatic carbocycles. The Morgan fingerprint density at radius 3 is 2.63 bits per heavy atom. The van der Waals surface area contributed by atoms with Gasteiger partial charge in [0.05, 0.1) is 4.92 Å². The number of hydrogen-bond acceptors (Lipinski definition) is 5. The molecule has 0 saturated heterocycles. The van der Waals surface area contributed by atoms with Crippen molar-refractivity contribution in [3.63, 3.8) is 0 Å². The minimum Gasteiger partial charge on any atom is -0.318 e. The molecule has 0 heterocycles. The number of nitrogen functional groups attached to an aromatic ring is 1. The standard InChI is InChI=1S/C13H22N4O2/c1-4-10(3)16(5-2)9-11-7-6-8-12(17(18)19)13(11)15-14/h6-8,10,15H,4-5,9,14H2,1-3H3. The molecule has 1 atom stereocenters. The molecule has 0 radical (unpaired) electrons. The SMILES string of the molecule is CCC(C)N(CC)Cc1cccc([N+](=O)[O-])c1NN. The monoisotopic (exact) mass is 266 g/mol. The molecular formula is C13H22N4O2. The molecule has 0 amide bonds. The van der Waals surface area contributed by atoms with E-state index in [1.165, 1.54) is 6.07 Å². The number of hydrazine groups is 1. The van der Waals surface area contributed by atoms with Crippen LogP contribution in [0, 0.1) is 10.1 Å². The summed E-state index contributed by atoms with van der Waals surface area (Å²) in [5.41, 5.74) is 3.72. The van der Waals surface area contributed by atoms with Crippen LogP contribution in [0.25, 0.3) is 0 Å². The van der Waals surface area contributed by atoms with Crippen LogP contribution in [0.4, 0.5) is 11.4 Å². The van der Waals surface area contributed by atoms with Crippen LogP contribution in [-0.2, 0) is 6.54 Å². The minimum atomic E-state index is -0.418. The number of para-hydroxylation sites is 1. The number of hydrogen-bond donors (Lipinski definition) is 2. The van der Waals surface area contributed by atoms with Crippen molar-refractivity contribution in [1.29, 1.82) is 0 Å². The molecule has 0 aromatic heterocycles. The Hall–Kier alpha value is -1.66. The number of nitrogens with zero attached hydrogens (tertiary/aromatic N) is 2. The normalized spacial score (nSPS) is 12.5. The summed E-state index contributed by atoms with van der Waals surface area (Å²) in [6.07, 6.45) is 1.04. The predicted octanol–water partition coefficient (Wildman–Crippen LogP) is 2.50. The van der Waals surface area contributed by atoms with Gasteiger partial charge in [-0.2, -0.15) is 0 Å². The molecule has 106 valence electrons. The number of nitrogens with two attached hydrogens (primary N) is 1. The zero-order valence-corrected chi connectivity index (χ0v) is 11.7. The molecule has 0 aliphatic rings. The van der Waals surface area contributed by atoms with Crippen LogP contribution in [0.2, 0.25) is 0 Å². The summed E-state index contributed by atoms with van der Waals surface area (Å²) in [4.78, 5) is 12.8. The molecule has 6 heteroatoms. The van der Waals surface area contributed by atoms with Crippen LogP contribution in [0.3, 0.4) is 0 Å². The quantitative estimate of drug-likeness (QED) is 0.450. The second kappa shape index (κ2) is 7.06. The van der Waals surface area contributed by atoms with Gasteiger partial charge in [-0.1, -0.05) is 26.0 Å². The van der Waals surface area contributed by atoms with E-state index in [0.29, 0.717) is 18.3 Å². The molecule has 19 heavy (non-hydrogen) atoms. The Morgan fingerprint density at radius 2 is 2.16 bits per heavy atom. The van der Waals surface area contributed by atoms with Crippen LogP contribution in [-0.4, -0.2) is 22.4 Å². The van der Waals surface area contributed by atoms with Gasteiger partial charge in [-0.3, -0.25) is 20.9 Å². The summed E-state index contributed by atoms with van der Waals surface area (Å²) in [5.74, 6) is 5.44. The zero-order chi connectivity index (χ0) is 14.4. The first-order valence-electron chi connectivity index (χ1n) is 6.52. The van der Waals surface area contributed by atoms with Crippen molar-refractivity contribution in [1.82, 2.24) is 4.90 Å². The maximum Gasteiger partial charge on any atom is 0.293 e. The van der Waals surface area contributed by atoms with Gasteiger partial charge >= 0.3 is 0 Å². The molecule has 0 aliphatic heterocycles. The summed E-state index contributed by atoms with van der Waals surface area (Å²) in [6, 6.07) is 5.44. The largest absolute Gasteiger partial charge is 0.318 e. The summed E-state index contributed by atoms with van der Waals surface area (Å²) in [6.45, 7) is 7.90. The van der Waals surface area contributed by atoms with E-state index in [9.17, 15) is 10.1 Å². The van der Waals surface area contributed by atoms with E-state index in [4.69, 9.17) is 5.84 Å². The number of nitro benzene ring substituents is 1. The van der Waals surface area contributed by atoms with Gasteiger partial charge in [0, 0.05) is 18.7 Å². The van der Waals surface area contributed by atoms with E-state index in [-0.39, 0.29) is 5.69 Å². The summed E-state index contributed by atoms with van der Waals surface area (Å²) in [5, 5.41) is 11.0. The number of benzene rings is 1. The van der Waals surface area contributed by atoms with Gasteiger partial charge in [0.25, 0.3) is 5.69 Å². The van der Waals surface area contributed by atoms with Crippen molar-refractivity contribution in [3.05, 3.63) is 33.9 Å². The van der Waals surface area contributed by atoms with E-state index >= 15 is 0 Å². The van der Waals surface area contributed by atoms with E-state index in [1.54, 1.807) is 6.07 Å². The third-order valence-electron chi connectivity index (χ3n) is 3.46. The number of rotatable bonds is 7. The topological polar surface area (TPSA) is 84.4 Å². The smallest absolute Gasteiger partial charge is 0.293 e. The number of nitro groups is 1. The average molecular weight is 266 g/mol. The van der Waals surface area contributed by atoms with E-state index < -0.39 is 4.92 Å². The lowest BCUT2D eigenvalue weighted by Crippen LogP contribution is -2.32. The molecule has 1 unspecified atom stereocenters. The first kappa shape index (κ1) is 15.4. The van der Waals surface area contributed by atoms with Crippen LogP contribution >= 0.6 is 0 Å². The second-order valence-electron chi connectivity index (χ2n) is 4.53. The average Bonchev–Trinajstić information content (AvgIpc) is 2.43. The Morgan fingerprint density at radius 1 is 1.47 bits per heavy atom. The molecule has 0 aliphatic carbocycles. The molecular weight excluding hydrogens is 244 g/mol. The third kappa shape index (κ3) is 3.65. The van der Waals surface area contributed by atoms with E-state index in [0.717, 1.165) is 18.5 Å². The lowest BCUT2D eigenvalue weighted by atomic mass is 10.1. The van der Waals surface area contributed by atoms with E-state index in [1.807, 2.05) is 6.07 Å². The van der Waals surface area contributed by atoms with Gasteiger partial charge in [-0.15, -0.1) is 0 Å². The number of nitrogens with one attached hydrogen (secondary N) is 1. The molecule has 0 fully saturated rings. The number of anilines is 1. The Kier molecular flexibility index (Phi) is 5.72. The fourth-order valence-corrected chi connectivity index (χ4v) is 2.09. The first-order valence-corrected chi connectivity index (χ1v) is 6.52. The lowest BCUT2D eigenvalue weighted by molar-refractivity contribution is -0.384. The van der Waals surface area contributed by atoms with Gasteiger partial charge in [-0.25, -0.2) is 0 Å². The summed E-state index contributed by atoms with van der Waals surface area (Å²) >= 11 is 0. The highest BCUT2D eigenvalue weighted by Gasteiger charge is 2.19. The summed E-state index contributed by atoms with van der Waals surface area (Å²) < 4.78 is 0. The summed E-state index contributed by atoms with van der Waals surface area (Å²) in [7, 11) is 0. The van der Waals surface area contributed by atoms with Gasteiger partial charge in [-0.05, 0) is 25.5 Å². The highest BCUT2D eigenvalue weighted by molar-refractivity contribution is 5.65. The van der Waals surface area contributed by atoms with E-state index in [2.05, 4.69) is 31.1 Å². The zero-order valence-electron chi connectivity index (χ0n) is 11.7. The molecule has 6 nitrogen and oxygen atoms in total. The first-order chi connectivity index (χ1) is 9.04. The van der Waals surface area contributed by atoms with Crippen molar-refractivity contribution in [2.24, 2.45) is 5.84 Å². The van der Waals surface area contributed by atoms with Crippen LogP contribution in [0.15, 0.2) is 18.2 Å². The predicted molar refractivity (Wildman–Crippen MR) is 76.7 cm³/mol. The van der Waals surface area contributed by atoms with Crippen molar-refractivity contribution >= 4 is 11.4 Å². The van der Waals surface area contributed by atoms with Gasteiger partial charge in [0.15, 0.2) is 0 Å². The molecule has 1 aromatic rings. The second-order valence-corrected chi connectivity index (χ2v) is 4.53. The molecule has 0 bridgehead atoms. The molecule has 0 spiro atoms. The maximum absolute atomic E-state index is 11.0.